The molecule has 0 radical (unpaired) electrons. The van der Waals surface area contributed by atoms with Crippen molar-refractivity contribution in [2.45, 2.75) is 31.1 Å². The Morgan fingerprint density at radius 3 is 2.54 bits per heavy atom. The smallest absolute Gasteiger partial charge is 0.329 e. The number of aliphatic hydroxyl groups is 1. The third kappa shape index (κ3) is 5.79. The molecule has 1 aromatic carbocycles. The zero-order chi connectivity index (χ0) is 20.7. The van der Waals surface area contributed by atoms with Crippen LogP contribution in [0.4, 0.5) is 0 Å². The second kappa shape index (κ2) is 9.68. The van der Waals surface area contributed by atoms with Crippen LogP contribution in [0.15, 0.2) is 24.3 Å². The molecule has 1 aliphatic rings. The van der Waals surface area contributed by atoms with Crippen LogP contribution in [-0.4, -0.2) is 47.7 Å². The molecule has 0 bridgehead atoms. The standard InChI is InChI=1S/C22H25NO4S/c1-22(2,28-4)19(21(26)27-3)23-20(25)16-11-9-15(10-12-16)7-5-6-8-17-13-18(17)14-24/h9-12,17-19,24H,13-14H2,1-4H3,(H,23,25)/t17-,18?,19+/m0/s1. The number of nitrogens with one attached hydrogen (secondary N) is 1. The van der Waals surface area contributed by atoms with Crippen LogP contribution >= 0.6 is 11.8 Å². The van der Waals surface area contributed by atoms with Gasteiger partial charge >= 0.3 is 5.97 Å². The number of methoxy groups -OCH3 is 1. The van der Waals surface area contributed by atoms with Gasteiger partial charge in [-0.15, -0.1) is 0 Å². The van der Waals surface area contributed by atoms with Gasteiger partial charge in [0, 0.05) is 28.4 Å². The quantitative estimate of drug-likeness (QED) is 0.566. The van der Waals surface area contributed by atoms with E-state index in [-0.39, 0.29) is 18.4 Å². The van der Waals surface area contributed by atoms with Crippen molar-refractivity contribution in [2.75, 3.05) is 20.0 Å². The zero-order valence-electron chi connectivity index (χ0n) is 16.5. The Morgan fingerprint density at radius 2 is 2.00 bits per heavy atom. The number of benzene rings is 1. The third-order valence-electron chi connectivity index (χ3n) is 4.76. The summed E-state index contributed by atoms with van der Waals surface area (Å²) in [5.41, 5.74) is 1.18. The van der Waals surface area contributed by atoms with Crippen molar-refractivity contribution in [3.8, 4) is 23.7 Å². The Hall–Kier alpha value is -2.41. The van der Waals surface area contributed by atoms with Gasteiger partial charge in [-0.3, -0.25) is 4.79 Å². The van der Waals surface area contributed by atoms with Crippen LogP contribution in [0.1, 0.15) is 36.2 Å². The van der Waals surface area contributed by atoms with Crippen molar-refractivity contribution in [1.29, 1.82) is 0 Å². The lowest BCUT2D eigenvalue weighted by atomic mass is 10.0. The number of carbonyl (C=O) groups excluding carboxylic acids is 2. The molecule has 6 heteroatoms. The topological polar surface area (TPSA) is 75.6 Å². The molecule has 5 nitrogen and oxygen atoms in total. The average molecular weight is 400 g/mol. The largest absolute Gasteiger partial charge is 0.467 e. The van der Waals surface area contributed by atoms with E-state index in [9.17, 15) is 9.59 Å². The highest BCUT2D eigenvalue weighted by atomic mass is 32.2. The van der Waals surface area contributed by atoms with Crippen molar-refractivity contribution in [3.05, 3.63) is 35.4 Å². The summed E-state index contributed by atoms with van der Waals surface area (Å²) in [6.45, 7) is 3.94. The minimum atomic E-state index is -0.764. The summed E-state index contributed by atoms with van der Waals surface area (Å²) in [5, 5.41) is 11.7. The maximum absolute atomic E-state index is 12.5. The van der Waals surface area contributed by atoms with Gasteiger partial charge in [0.1, 0.15) is 6.04 Å². The molecule has 1 unspecified atom stereocenters. The molecule has 3 atom stereocenters. The molecular formula is C22H25NO4S. The molecule has 2 N–H and O–H groups in total. The first kappa shape index (κ1) is 21.9. The molecule has 0 heterocycles. The predicted octanol–water partition coefficient (Wildman–Crippen LogP) is 2.08. The van der Waals surface area contributed by atoms with Crippen LogP contribution in [0.5, 0.6) is 0 Å². The zero-order valence-corrected chi connectivity index (χ0v) is 17.4. The summed E-state index contributed by atoms with van der Waals surface area (Å²) in [6.07, 6.45) is 2.82. The second-order valence-corrected chi connectivity index (χ2v) is 8.58. The highest BCUT2D eigenvalue weighted by Crippen LogP contribution is 2.36. The number of aliphatic hydroxyl groups excluding tert-OH is 1. The van der Waals surface area contributed by atoms with Gasteiger partial charge in [0.15, 0.2) is 0 Å². The highest BCUT2D eigenvalue weighted by Gasteiger charge is 2.37. The van der Waals surface area contributed by atoms with Crippen molar-refractivity contribution in [2.24, 2.45) is 11.8 Å². The van der Waals surface area contributed by atoms with Gasteiger partial charge in [-0.2, -0.15) is 11.8 Å². The number of thioether (sulfide) groups is 1. The fourth-order valence-electron chi connectivity index (χ4n) is 2.53. The van der Waals surface area contributed by atoms with Crippen LogP contribution in [-0.2, 0) is 9.53 Å². The number of esters is 1. The molecule has 2 rings (SSSR count). The van der Waals surface area contributed by atoms with Gasteiger partial charge in [0.05, 0.1) is 7.11 Å². The van der Waals surface area contributed by atoms with E-state index in [2.05, 4.69) is 29.0 Å². The van der Waals surface area contributed by atoms with Gasteiger partial charge in [0.2, 0.25) is 0 Å². The van der Waals surface area contributed by atoms with Crippen molar-refractivity contribution >= 4 is 23.6 Å². The first-order valence-corrected chi connectivity index (χ1v) is 10.2. The van der Waals surface area contributed by atoms with E-state index in [1.807, 2.05) is 20.1 Å². The summed E-state index contributed by atoms with van der Waals surface area (Å²) in [7, 11) is 1.31. The van der Waals surface area contributed by atoms with E-state index in [4.69, 9.17) is 9.84 Å². The minimum absolute atomic E-state index is 0.182. The summed E-state index contributed by atoms with van der Waals surface area (Å²) >= 11 is 1.48. The van der Waals surface area contributed by atoms with E-state index >= 15 is 0 Å². The SMILES string of the molecule is COC(=O)[C@@H](NC(=O)c1ccc(C#CC#C[C@H]2CC2CO)cc1)C(C)(C)SC. The monoisotopic (exact) mass is 399 g/mol. The summed E-state index contributed by atoms with van der Waals surface area (Å²) in [6, 6.07) is 6.04. The number of rotatable bonds is 6. The average Bonchev–Trinajstić information content (AvgIpc) is 3.47. The van der Waals surface area contributed by atoms with Gasteiger partial charge in [-0.25, -0.2) is 4.79 Å². The van der Waals surface area contributed by atoms with Crippen molar-refractivity contribution in [3.63, 3.8) is 0 Å². The number of hydrogen-bond acceptors (Lipinski definition) is 5. The molecule has 1 aromatic rings. The summed E-state index contributed by atoms with van der Waals surface area (Å²) in [4.78, 5) is 24.6. The fourth-order valence-corrected chi connectivity index (χ4v) is 2.92. The third-order valence-corrected chi connectivity index (χ3v) is 6.05. The molecule has 1 amide bonds. The van der Waals surface area contributed by atoms with Crippen LogP contribution in [0.2, 0.25) is 0 Å². The first-order valence-electron chi connectivity index (χ1n) is 8.98. The van der Waals surface area contributed by atoms with Crippen LogP contribution in [0, 0.1) is 35.5 Å². The van der Waals surface area contributed by atoms with Gasteiger partial charge in [-0.05, 0) is 68.5 Å². The van der Waals surface area contributed by atoms with Crippen LogP contribution in [0.25, 0.3) is 0 Å². The van der Waals surface area contributed by atoms with E-state index in [0.717, 1.165) is 12.0 Å². The molecule has 0 spiro atoms. The lowest BCUT2D eigenvalue weighted by Gasteiger charge is -2.31. The highest BCUT2D eigenvalue weighted by molar-refractivity contribution is 8.00. The number of amides is 1. The molecule has 0 saturated heterocycles. The predicted molar refractivity (Wildman–Crippen MR) is 111 cm³/mol. The summed E-state index contributed by atoms with van der Waals surface area (Å²) in [5.74, 6) is 11.3. The van der Waals surface area contributed by atoms with E-state index in [0.29, 0.717) is 11.5 Å². The van der Waals surface area contributed by atoms with E-state index in [1.165, 1.54) is 18.9 Å². The molecule has 0 aliphatic heterocycles. The van der Waals surface area contributed by atoms with Gasteiger partial charge < -0.3 is 15.2 Å². The Kier molecular flexibility index (Phi) is 7.57. The number of ether oxygens (including phenoxy) is 1. The number of hydrogen-bond donors (Lipinski definition) is 2. The van der Waals surface area contributed by atoms with Crippen LogP contribution in [0.3, 0.4) is 0 Å². The van der Waals surface area contributed by atoms with E-state index < -0.39 is 16.8 Å². The van der Waals surface area contributed by atoms with Gasteiger partial charge in [-0.1, -0.05) is 11.8 Å². The Labute approximate surface area is 170 Å². The minimum Gasteiger partial charge on any atom is -0.467 e. The maximum Gasteiger partial charge on any atom is 0.329 e. The van der Waals surface area contributed by atoms with E-state index in [1.54, 1.807) is 24.3 Å². The lowest BCUT2D eigenvalue weighted by molar-refractivity contribution is -0.143. The Bertz CT molecular complexity index is 839. The fraction of sp³-hybridized carbons (Fsp3) is 0.455. The molecular weight excluding hydrogens is 374 g/mol. The molecule has 0 aromatic heterocycles. The Balaban J connectivity index is 2.02. The molecule has 28 heavy (non-hydrogen) atoms. The van der Waals surface area contributed by atoms with Crippen LogP contribution < -0.4 is 5.32 Å². The van der Waals surface area contributed by atoms with Crippen molar-refractivity contribution in [1.82, 2.24) is 5.32 Å². The number of carbonyl (C=O) groups is 2. The second-order valence-electron chi connectivity index (χ2n) is 7.12. The van der Waals surface area contributed by atoms with Gasteiger partial charge in [0.25, 0.3) is 5.91 Å². The molecule has 1 aliphatic carbocycles. The first-order chi connectivity index (χ1) is 13.3. The summed E-state index contributed by atoms with van der Waals surface area (Å²) < 4.78 is 4.32. The maximum atomic E-state index is 12.5. The van der Waals surface area contributed by atoms with Crippen molar-refractivity contribution < 1.29 is 19.4 Å². The lowest BCUT2D eigenvalue weighted by Crippen LogP contribution is -2.52. The molecule has 148 valence electrons. The Morgan fingerprint density at radius 1 is 1.32 bits per heavy atom. The molecule has 1 saturated carbocycles. The molecule has 1 fully saturated rings. The normalized spacial score (nSPS) is 18.6.